The molecule has 2 aromatic carbocycles. The largest absolute Gasteiger partial charge is 0.481 e. The van der Waals surface area contributed by atoms with Crippen molar-refractivity contribution in [3.63, 3.8) is 0 Å². The predicted molar refractivity (Wildman–Crippen MR) is 111 cm³/mol. The van der Waals surface area contributed by atoms with Gasteiger partial charge in [-0.2, -0.15) is 0 Å². The first-order chi connectivity index (χ1) is 13.9. The number of carbonyl (C=O) groups is 3. The first kappa shape index (κ1) is 20.4. The highest BCUT2D eigenvalue weighted by Crippen LogP contribution is 2.22. The molecule has 0 saturated carbocycles. The summed E-state index contributed by atoms with van der Waals surface area (Å²) < 4.78 is 0. The highest BCUT2D eigenvalue weighted by Gasteiger charge is 2.28. The van der Waals surface area contributed by atoms with E-state index in [2.05, 4.69) is 10.6 Å². The lowest BCUT2D eigenvalue weighted by Gasteiger charge is -2.32. The van der Waals surface area contributed by atoms with Gasteiger partial charge in [0, 0.05) is 24.5 Å². The van der Waals surface area contributed by atoms with Crippen LogP contribution >= 0.6 is 0 Å². The second-order valence-electron chi connectivity index (χ2n) is 7.25. The van der Waals surface area contributed by atoms with E-state index in [1.165, 1.54) is 0 Å². The second kappa shape index (κ2) is 9.23. The Labute approximate surface area is 169 Å². The number of aliphatic carboxylic acids is 1. The molecule has 7 nitrogen and oxygen atoms in total. The van der Waals surface area contributed by atoms with Crippen LogP contribution in [-0.4, -0.2) is 41.0 Å². The van der Waals surface area contributed by atoms with Crippen LogP contribution in [0.5, 0.6) is 0 Å². The van der Waals surface area contributed by atoms with Crippen molar-refractivity contribution in [2.24, 2.45) is 5.92 Å². The normalized spacial score (nSPS) is 17.3. The molecule has 2 unspecified atom stereocenters. The van der Waals surface area contributed by atoms with E-state index >= 15 is 0 Å². The fourth-order valence-corrected chi connectivity index (χ4v) is 3.34. The van der Waals surface area contributed by atoms with Crippen LogP contribution in [0.1, 0.15) is 31.2 Å². The number of piperidine rings is 1. The standard InChI is InChI=1S/C22H25N3O4/c1-15(21(27)28)16-9-11-19(12-10-16)23-20(26)17-6-5-13-25(14-17)22(29)24-18-7-3-2-4-8-18/h2-4,7-12,15,17H,5-6,13-14H2,1H3,(H,23,26)(H,24,29)(H,27,28). The van der Waals surface area contributed by atoms with Crippen LogP contribution < -0.4 is 10.6 Å². The van der Waals surface area contributed by atoms with Crippen molar-refractivity contribution in [1.29, 1.82) is 0 Å². The molecule has 2 atom stereocenters. The molecule has 1 fully saturated rings. The van der Waals surface area contributed by atoms with Gasteiger partial charge in [-0.15, -0.1) is 0 Å². The number of carboxylic acids is 1. The van der Waals surface area contributed by atoms with Crippen LogP contribution in [-0.2, 0) is 9.59 Å². The maximum Gasteiger partial charge on any atom is 0.321 e. The zero-order valence-electron chi connectivity index (χ0n) is 16.3. The number of hydrogen-bond acceptors (Lipinski definition) is 3. The highest BCUT2D eigenvalue weighted by atomic mass is 16.4. The summed E-state index contributed by atoms with van der Waals surface area (Å²) in [6, 6.07) is 15.8. The zero-order valence-corrected chi connectivity index (χ0v) is 16.3. The summed E-state index contributed by atoms with van der Waals surface area (Å²) in [6.45, 7) is 2.59. The molecule has 0 radical (unpaired) electrons. The van der Waals surface area contributed by atoms with Crippen LogP contribution in [0.15, 0.2) is 54.6 Å². The maximum atomic E-state index is 12.7. The van der Waals surface area contributed by atoms with Gasteiger partial charge in [0.2, 0.25) is 5.91 Å². The number of nitrogens with one attached hydrogen (secondary N) is 2. The van der Waals surface area contributed by atoms with Crippen molar-refractivity contribution in [2.75, 3.05) is 23.7 Å². The molecule has 1 saturated heterocycles. The number of carbonyl (C=O) groups excluding carboxylic acids is 2. The average Bonchev–Trinajstić information content (AvgIpc) is 2.74. The predicted octanol–water partition coefficient (Wildman–Crippen LogP) is 3.76. The second-order valence-corrected chi connectivity index (χ2v) is 7.25. The molecular formula is C22H25N3O4. The molecule has 0 aliphatic carbocycles. The summed E-state index contributed by atoms with van der Waals surface area (Å²) in [6.07, 6.45) is 1.48. The van der Waals surface area contributed by atoms with E-state index in [0.29, 0.717) is 24.3 Å². The average molecular weight is 395 g/mol. The van der Waals surface area contributed by atoms with E-state index in [9.17, 15) is 14.4 Å². The molecule has 3 amide bonds. The number of amides is 3. The minimum absolute atomic E-state index is 0.138. The van der Waals surface area contributed by atoms with Gasteiger partial charge in [-0.05, 0) is 49.6 Å². The number of rotatable bonds is 5. The van der Waals surface area contributed by atoms with Crippen LogP contribution in [0.3, 0.4) is 0 Å². The van der Waals surface area contributed by atoms with Gasteiger partial charge in [-0.3, -0.25) is 9.59 Å². The lowest BCUT2D eigenvalue weighted by molar-refractivity contribution is -0.138. The number of anilines is 2. The highest BCUT2D eigenvalue weighted by molar-refractivity contribution is 5.94. The van der Waals surface area contributed by atoms with Crippen molar-refractivity contribution in [2.45, 2.75) is 25.7 Å². The molecule has 3 rings (SSSR count). The van der Waals surface area contributed by atoms with E-state index in [0.717, 1.165) is 18.5 Å². The molecule has 0 aromatic heterocycles. The fourth-order valence-electron chi connectivity index (χ4n) is 3.34. The van der Waals surface area contributed by atoms with Crippen LogP contribution in [0.4, 0.5) is 16.2 Å². The van der Waals surface area contributed by atoms with E-state index in [4.69, 9.17) is 5.11 Å². The smallest absolute Gasteiger partial charge is 0.321 e. The summed E-state index contributed by atoms with van der Waals surface area (Å²) in [4.78, 5) is 37.9. The maximum absolute atomic E-state index is 12.7. The third-order valence-electron chi connectivity index (χ3n) is 5.15. The van der Waals surface area contributed by atoms with Gasteiger partial charge in [0.25, 0.3) is 0 Å². The first-order valence-corrected chi connectivity index (χ1v) is 9.68. The van der Waals surface area contributed by atoms with Crippen molar-refractivity contribution in [3.8, 4) is 0 Å². The fraction of sp³-hybridized carbons (Fsp3) is 0.318. The molecule has 0 bridgehead atoms. The van der Waals surface area contributed by atoms with Crippen molar-refractivity contribution in [3.05, 3.63) is 60.2 Å². The van der Waals surface area contributed by atoms with E-state index in [1.54, 1.807) is 36.1 Å². The third-order valence-corrected chi connectivity index (χ3v) is 5.15. The Balaban J connectivity index is 1.56. The summed E-state index contributed by atoms with van der Waals surface area (Å²) in [5, 5.41) is 14.8. The molecule has 1 aliphatic heterocycles. The number of hydrogen-bond donors (Lipinski definition) is 3. The molecule has 7 heteroatoms. The van der Waals surface area contributed by atoms with Gasteiger partial charge in [-0.25, -0.2) is 4.79 Å². The Kier molecular flexibility index (Phi) is 6.49. The van der Waals surface area contributed by atoms with Crippen molar-refractivity contribution >= 4 is 29.3 Å². The van der Waals surface area contributed by atoms with E-state index in [-0.39, 0.29) is 17.9 Å². The van der Waals surface area contributed by atoms with Gasteiger partial charge in [-0.1, -0.05) is 30.3 Å². The number of para-hydroxylation sites is 1. The third kappa shape index (κ3) is 5.34. The van der Waals surface area contributed by atoms with Crippen LogP contribution in [0.25, 0.3) is 0 Å². The minimum atomic E-state index is -0.891. The quantitative estimate of drug-likeness (QED) is 0.718. The van der Waals surface area contributed by atoms with Gasteiger partial charge < -0.3 is 20.6 Å². The molecule has 2 aromatic rings. The Bertz CT molecular complexity index is 867. The Morgan fingerprint density at radius 2 is 1.66 bits per heavy atom. The lowest BCUT2D eigenvalue weighted by atomic mass is 9.97. The first-order valence-electron chi connectivity index (χ1n) is 9.68. The van der Waals surface area contributed by atoms with Gasteiger partial charge in [0.1, 0.15) is 0 Å². The zero-order chi connectivity index (χ0) is 20.8. The monoisotopic (exact) mass is 395 g/mol. The summed E-state index contributed by atoms with van der Waals surface area (Å²) in [5.74, 6) is -1.92. The van der Waals surface area contributed by atoms with Gasteiger partial charge in [0.15, 0.2) is 0 Å². The summed E-state index contributed by atoms with van der Waals surface area (Å²) in [7, 11) is 0. The number of urea groups is 1. The van der Waals surface area contributed by atoms with Gasteiger partial charge >= 0.3 is 12.0 Å². The molecule has 152 valence electrons. The molecule has 3 N–H and O–H groups in total. The van der Waals surface area contributed by atoms with E-state index in [1.807, 2.05) is 30.3 Å². The minimum Gasteiger partial charge on any atom is -0.481 e. The number of likely N-dealkylation sites (tertiary alicyclic amines) is 1. The summed E-state index contributed by atoms with van der Waals surface area (Å²) >= 11 is 0. The van der Waals surface area contributed by atoms with Crippen molar-refractivity contribution < 1.29 is 19.5 Å². The van der Waals surface area contributed by atoms with E-state index < -0.39 is 11.9 Å². The molecule has 1 heterocycles. The van der Waals surface area contributed by atoms with Crippen LogP contribution in [0.2, 0.25) is 0 Å². The molecular weight excluding hydrogens is 370 g/mol. The van der Waals surface area contributed by atoms with Crippen molar-refractivity contribution in [1.82, 2.24) is 4.90 Å². The topological polar surface area (TPSA) is 98.7 Å². The molecule has 1 aliphatic rings. The Hall–Kier alpha value is -3.35. The number of carboxylic acid groups (broad SMARTS) is 1. The van der Waals surface area contributed by atoms with Gasteiger partial charge in [0.05, 0.1) is 11.8 Å². The molecule has 29 heavy (non-hydrogen) atoms. The Morgan fingerprint density at radius 1 is 1.00 bits per heavy atom. The van der Waals surface area contributed by atoms with Crippen LogP contribution in [0, 0.1) is 5.92 Å². The molecule has 0 spiro atoms. The SMILES string of the molecule is CC(C(=O)O)c1ccc(NC(=O)C2CCCN(C(=O)Nc3ccccc3)C2)cc1. The summed E-state index contributed by atoms with van der Waals surface area (Å²) in [5.41, 5.74) is 2.01. The lowest BCUT2D eigenvalue weighted by Crippen LogP contribution is -2.45. The number of nitrogens with zero attached hydrogens (tertiary/aromatic N) is 1. The Morgan fingerprint density at radius 3 is 2.31 bits per heavy atom. The number of benzene rings is 2.